The highest BCUT2D eigenvalue weighted by molar-refractivity contribution is 7.90. The molecule has 5 aromatic rings. The topological polar surface area (TPSA) is 46.5 Å². The fourth-order valence-electron chi connectivity index (χ4n) is 3.72. The van der Waals surface area contributed by atoms with Crippen LogP contribution in [0.4, 0.5) is 0 Å². The molecule has 5 aromatic carbocycles. The molecule has 0 spiro atoms. The van der Waals surface area contributed by atoms with Gasteiger partial charge in [-0.15, -0.1) is 0 Å². The van der Waals surface area contributed by atoms with Crippen molar-refractivity contribution in [2.24, 2.45) is 4.40 Å². The minimum Gasteiger partial charge on any atom is -0.199 e. The third kappa shape index (κ3) is 4.41. The average molecular weight is 446 g/mol. The predicted octanol–water partition coefficient (Wildman–Crippen LogP) is 6.20. The molecule has 0 unspecified atom stereocenters. The van der Waals surface area contributed by atoms with E-state index in [1.54, 1.807) is 18.2 Å². The first kappa shape index (κ1) is 20.7. The summed E-state index contributed by atoms with van der Waals surface area (Å²) in [7, 11) is -3.71. The molecule has 0 amide bonds. The Hall–Kier alpha value is -4.20. The molecule has 0 bridgehead atoms. The second-order valence-corrected chi connectivity index (χ2v) is 9.22. The summed E-state index contributed by atoms with van der Waals surface area (Å²) in [6.45, 7) is 0. The fraction of sp³-hybridized carbons (Fsp3) is 0. The van der Waals surface area contributed by atoms with E-state index in [0.29, 0.717) is 5.56 Å². The molecule has 0 saturated carbocycles. The highest BCUT2D eigenvalue weighted by Crippen LogP contribution is 2.27. The van der Waals surface area contributed by atoms with E-state index in [1.807, 2.05) is 48.5 Å². The van der Waals surface area contributed by atoms with Crippen LogP contribution in [0.15, 0.2) is 118 Å². The quantitative estimate of drug-likeness (QED) is 0.189. The Kier molecular flexibility index (Phi) is 5.48. The molecule has 4 heteroatoms. The van der Waals surface area contributed by atoms with Gasteiger partial charge >= 0.3 is 0 Å². The maximum absolute atomic E-state index is 12.3. The van der Waals surface area contributed by atoms with Crippen molar-refractivity contribution in [3.63, 3.8) is 0 Å². The van der Waals surface area contributed by atoms with E-state index in [0.717, 1.165) is 32.7 Å². The summed E-state index contributed by atoms with van der Waals surface area (Å²) in [5.41, 5.74) is 2.54. The molecule has 3 nitrogen and oxygen atoms in total. The van der Waals surface area contributed by atoms with Crippen LogP contribution in [0.2, 0.25) is 0 Å². The SMILES string of the molecule is O=S(=O)(/N=C/c1ccc(C#Cc2c3ccccc3cc3ccccc23)cc1)c1ccccc1. The first-order valence-electron chi connectivity index (χ1n) is 10.5. The second kappa shape index (κ2) is 8.74. The Morgan fingerprint density at radius 2 is 1.21 bits per heavy atom. The van der Waals surface area contributed by atoms with Crippen molar-refractivity contribution >= 4 is 37.8 Å². The fourth-order valence-corrected chi connectivity index (χ4v) is 4.60. The summed E-state index contributed by atoms with van der Waals surface area (Å²) in [5.74, 6) is 6.62. The van der Waals surface area contributed by atoms with Crippen molar-refractivity contribution in [3.05, 3.63) is 126 Å². The van der Waals surface area contributed by atoms with Crippen molar-refractivity contribution in [1.82, 2.24) is 0 Å². The Labute approximate surface area is 193 Å². The maximum Gasteiger partial charge on any atom is 0.282 e. The molecule has 5 rings (SSSR count). The predicted molar refractivity (Wildman–Crippen MR) is 135 cm³/mol. The van der Waals surface area contributed by atoms with Gasteiger partial charge in [0, 0.05) is 17.3 Å². The van der Waals surface area contributed by atoms with Crippen molar-refractivity contribution in [2.45, 2.75) is 4.90 Å². The Morgan fingerprint density at radius 1 is 0.636 bits per heavy atom. The molecule has 0 atom stereocenters. The molecule has 158 valence electrons. The number of sulfonamides is 1. The van der Waals surface area contributed by atoms with E-state index in [1.165, 1.54) is 18.3 Å². The van der Waals surface area contributed by atoms with E-state index in [9.17, 15) is 8.42 Å². The maximum atomic E-state index is 12.3. The summed E-state index contributed by atoms with van der Waals surface area (Å²) in [5, 5.41) is 4.57. The Bertz CT molecular complexity index is 1600. The van der Waals surface area contributed by atoms with Gasteiger partial charge in [-0.3, -0.25) is 0 Å². The normalized spacial score (nSPS) is 11.5. The summed E-state index contributed by atoms with van der Waals surface area (Å²) in [4.78, 5) is 0.172. The van der Waals surface area contributed by atoms with Gasteiger partial charge in [-0.05, 0) is 57.4 Å². The molecule has 33 heavy (non-hydrogen) atoms. The number of hydrogen-bond donors (Lipinski definition) is 0. The number of nitrogens with zero attached hydrogens (tertiary/aromatic N) is 1. The average Bonchev–Trinajstić information content (AvgIpc) is 2.86. The Morgan fingerprint density at radius 3 is 1.85 bits per heavy atom. The number of benzene rings is 5. The smallest absolute Gasteiger partial charge is 0.199 e. The lowest BCUT2D eigenvalue weighted by atomic mass is 9.97. The standard InChI is InChI=1S/C29H19NO2S/c31-33(32,26-10-2-1-3-11-26)30-21-23-16-14-22(15-17-23)18-19-29-27-12-6-4-8-24(27)20-25-9-5-7-13-28(25)29/h1-17,20-21H/b30-21+. The molecule has 0 saturated heterocycles. The van der Waals surface area contributed by atoms with Crippen LogP contribution in [0.25, 0.3) is 21.5 Å². The van der Waals surface area contributed by atoms with Crippen LogP contribution in [0, 0.1) is 11.8 Å². The third-order valence-corrected chi connectivity index (χ3v) is 6.65. The van der Waals surface area contributed by atoms with Gasteiger partial charge < -0.3 is 0 Å². The van der Waals surface area contributed by atoms with Gasteiger partial charge in [0.25, 0.3) is 10.0 Å². The van der Waals surface area contributed by atoms with Crippen LogP contribution >= 0.6 is 0 Å². The summed E-state index contributed by atoms with van der Waals surface area (Å²) in [6, 6.07) is 34.3. The molecule has 0 N–H and O–H groups in total. The van der Waals surface area contributed by atoms with Crippen LogP contribution in [0.1, 0.15) is 16.7 Å². The first-order chi connectivity index (χ1) is 16.1. The molecule has 0 aliphatic rings. The molecule has 0 aliphatic heterocycles. The van der Waals surface area contributed by atoms with Crippen LogP contribution in [0.5, 0.6) is 0 Å². The highest BCUT2D eigenvalue weighted by Gasteiger charge is 2.10. The lowest BCUT2D eigenvalue weighted by molar-refractivity contribution is 0.598. The monoisotopic (exact) mass is 445 g/mol. The first-order valence-corrected chi connectivity index (χ1v) is 11.9. The number of fused-ring (bicyclic) bond motifs is 2. The summed E-state index contributed by atoms with van der Waals surface area (Å²) >= 11 is 0. The number of hydrogen-bond acceptors (Lipinski definition) is 2. The minimum atomic E-state index is -3.71. The van der Waals surface area contributed by atoms with Crippen LogP contribution in [0.3, 0.4) is 0 Å². The van der Waals surface area contributed by atoms with Gasteiger partial charge in [-0.25, -0.2) is 0 Å². The summed E-state index contributed by atoms with van der Waals surface area (Å²) in [6.07, 6.45) is 1.36. The van der Waals surface area contributed by atoms with E-state index >= 15 is 0 Å². The Balaban J connectivity index is 1.46. The van der Waals surface area contributed by atoms with E-state index < -0.39 is 10.0 Å². The highest BCUT2D eigenvalue weighted by atomic mass is 32.2. The largest absolute Gasteiger partial charge is 0.282 e. The molecule has 0 aromatic heterocycles. The minimum absolute atomic E-state index is 0.172. The van der Waals surface area contributed by atoms with Gasteiger partial charge in [0.15, 0.2) is 0 Å². The summed E-state index contributed by atoms with van der Waals surface area (Å²) < 4.78 is 28.5. The van der Waals surface area contributed by atoms with Crippen molar-refractivity contribution in [2.75, 3.05) is 0 Å². The van der Waals surface area contributed by atoms with Gasteiger partial charge in [-0.2, -0.15) is 12.8 Å². The van der Waals surface area contributed by atoms with Crippen LogP contribution < -0.4 is 0 Å². The molecular weight excluding hydrogens is 426 g/mol. The zero-order valence-corrected chi connectivity index (χ0v) is 18.5. The lowest BCUT2D eigenvalue weighted by Crippen LogP contribution is -1.97. The zero-order valence-electron chi connectivity index (χ0n) is 17.6. The second-order valence-electron chi connectivity index (χ2n) is 7.59. The number of rotatable bonds is 3. The van der Waals surface area contributed by atoms with E-state index in [2.05, 4.69) is 46.6 Å². The van der Waals surface area contributed by atoms with Crippen LogP contribution in [-0.4, -0.2) is 14.6 Å². The van der Waals surface area contributed by atoms with Crippen LogP contribution in [-0.2, 0) is 10.0 Å². The van der Waals surface area contributed by atoms with Crippen molar-refractivity contribution in [1.29, 1.82) is 0 Å². The molecule has 0 radical (unpaired) electrons. The molecule has 0 fully saturated rings. The zero-order chi connectivity index (χ0) is 22.7. The van der Waals surface area contributed by atoms with Gasteiger partial charge in [0.2, 0.25) is 0 Å². The van der Waals surface area contributed by atoms with E-state index in [4.69, 9.17) is 0 Å². The molecular formula is C29H19NO2S. The van der Waals surface area contributed by atoms with Gasteiger partial charge in [0.1, 0.15) is 0 Å². The van der Waals surface area contributed by atoms with Gasteiger partial charge in [-0.1, -0.05) is 90.7 Å². The van der Waals surface area contributed by atoms with Crippen molar-refractivity contribution in [3.8, 4) is 11.8 Å². The van der Waals surface area contributed by atoms with Gasteiger partial charge in [0.05, 0.1) is 4.90 Å². The lowest BCUT2D eigenvalue weighted by Gasteiger charge is -2.06. The molecule has 0 heterocycles. The van der Waals surface area contributed by atoms with Crippen molar-refractivity contribution < 1.29 is 8.42 Å². The molecule has 0 aliphatic carbocycles. The third-order valence-electron chi connectivity index (χ3n) is 5.40. The van der Waals surface area contributed by atoms with E-state index in [-0.39, 0.29) is 4.90 Å².